The van der Waals surface area contributed by atoms with Gasteiger partial charge in [0.25, 0.3) is 0 Å². The maximum absolute atomic E-state index is 13.6. The molecule has 0 fully saturated rings. The van der Waals surface area contributed by atoms with Crippen molar-refractivity contribution in [1.82, 2.24) is 5.43 Å². The number of nitrogens with zero attached hydrogens (tertiary/aromatic N) is 1. The van der Waals surface area contributed by atoms with Crippen LogP contribution in [0.3, 0.4) is 0 Å². The third-order valence-electron chi connectivity index (χ3n) is 5.01. The Labute approximate surface area is 225 Å². The summed E-state index contributed by atoms with van der Waals surface area (Å²) in [6, 6.07) is 13.4. The third-order valence-corrected chi connectivity index (χ3v) is 9.25. The first-order valence-electron chi connectivity index (χ1n) is 11.1. The lowest BCUT2D eigenvalue weighted by atomic mass is 9.98. The number of esters is 1. The molecule has 0 unspecified atom stereocenters. The molecule has 0 bridgehead atoms. The number of sulfone groups is 1. The van der Waals surface area contributed by atoms with Crippen LogP contribution >= 0.6 is 23.1 Å². The number of thioether (sulfide) groups is 1. The van der Waals surface area contributed by atoms with Crippen LogP contribution in [0.2, 0.25) is 0 Å². The highest BCUT2D eigenvalue weighted by Gasteiger charge is 2.25. The van der Waals surface area contributed by atoms with Crippen LogP contribution in [-0.2, 0) is 19.3 Å². The number of methoxy groups -OCH3 is 1. The van der Waals surface area contributed by atoms with Crippen molar-refractivity contribution in [3.63, 3.8) is 0 Å². The number of carbonyl (C=O) groups excluding carboxylic acids is 2. The number of rotatable bonds is 7. The van der Waals surface area contributed by atoms with E-state index in [9.17, 15) is 18.0 Å². The molecule has 1 amide bonds. The van der Waals surface area contributed by atoms with Gasteiger partial charge in [-0.15, -0.1) is 23.1 Å². The molecule has 196 valence electrons. The Bertz CT molecular complexity index is 1450. The number of thiophene rings is 1. The van der Waals surface area contributed by atoms with Crippen LogP contribution in [0.5, 0.6) is 0 Å². The molecule has 0 spiro atoms. The van der Waals surface area contributed by atoms with E-state index in [1.54, 1.807) is 63.4 Å². The maximum atomic E-state index is 13.6. The van der Waals surface area contributed by atoms with Crippen LogP contribution in [0.4, 0.5) is 4.79 Å². The lowest BCUT2D eigenvalue weighted by Gasteiger charge is -2.18. The minimum absolute atomic E-state index is 0.143. The lowest BCUT2D eigenvalue weighted by molar-refractivity contribution is 0.0528. The van der Waals surface area contributed by atoms with Gasteiger partial charge in [0, 0.05) is 4.88 Å². The summed E-state index contributed by atoms with van der Waals surface area (Å²) in [5.74, 6) is -0.436. The standard InChI is InChI=1S/C26H28N2O6S3/c1-16-12-18(23(29)33-5)10-11-21(16)17-8-7-9-20(13-17)37(31,32)22-14-19(36-24(22)35-6)15-27-28-25(30)34-26(2,3)4/h7-15H,1-6H3,(H,28,30). The molecular weight excluding hydrogens is 532 g/mol. The molecule has 2 aromatic carbocycles. The summed E-state index contributed by atoms with van der Waals surface area (Å²) in [5, 5.41) is 3.88. The molecule has 0 aliphatic carbocycles. The predicted molar refractivity (Wildman–Crippen MR) is 146 cm³/mol. The zero-order valence-electron chi connectivity index (χ0n) is 21.3. The molecule has 1 aromatic heterocycles. The second kappa shape index (κ2) is 11.5. The molecule has 37 heavy (non-hydrogen) atoms. The highest BCUT2D eigenvalue weighted by molar-refractivity contribution is 8.01. The van der Waals surface area contributed by atoms with Crippen LogP contribution in [0, 0.1) is 6.92 Å². The molecule has 0 atom stereocenters. The number of carbonyl (C=O) groups is 2. The molecule has 3 aromatic rings. The van der Waals surface area contributed by atoms with Crippen LogP contribution in [0.25, 0.3) is 11.1 Å². The van der Waals surface area contributed by atoms with Gasteiger partial charge in [0.2, 0.25) is 9.84 Å². The summed E-state index contributed by atoms with van der Waals surface area (Å²) in [4.78, 5) is 24.5. The highest BCUT2D eigenvalue weighted by atomic mass is 32.2. The van der Waals surface area contributed by atoms with Crippen LogP contribution < -0.4 is 5.43 Å². The normalized spacial score (nSPS) is 11.9. The van der Waals surface area contributed by atoms with Gasteiger partial charge >= 0.3 is 12.1 Å². The van der Waals surface area contributed by atoms with E-state index in [0.717, 1.165) is 11.1 Å². The zero-order chi connectivity index (χ0) is 27.4. The first kappa shape index (κ1) is 28.4. The van der Waals surface area contributed by atoms with Crippen molar-refractivity contribution < 1.29 is 27.5 Å². The first-order chi connectivity index (χ1) is 17.4. The van der Waals surface area contributed by atoms with Crippen LogP contribution in [0.1, 0.15) is 41.6 Å². The fraction of sp³-hybridized carbons (Fsp3) is 0.269. The Morgan fingerprint density at radius 3 is 2.46 bits per heavy atom. The monoisotopic (exact) mass is 560 g/mol. The van der Waals surface area contributed by atoms with Crippen molar-refractivity contribution in [1.29, 1.82) is 0 Å². The summed E-state index contributed by atoms with van der Waals surface area (Å²) in [6.45, 7) is 7.08. The van der Waals surface area contributed by atoms with Gasteiger partial charge in [-0.25, -0.2) is 23.4 Å². The van der Waals surface area contributed by atoms with E-state index in [1.165, 1.54) is 42.5 Å². The number of hydrazone groups is 1. The van der Waals surface area contributed by atoms with Gasteiger partial charge in [-0.05, 0) is 81.0 Å². The molecule has 0 radical (unpaired) electrons. The van der Waals surface area contributed by atoms with Crippen molar-refractivity contribution >= 4 is 51.2 Å². The molecule has 0 saturated heterocycles. The number of benzene rings is 2. The summed E-state index contributed by atoms with van der Waals surface area (Å²) in [7, 11) is -2.53. The second-order valence-corrected chi connectivity index (χ2v) is 13.0. The smallest absolute Gasteiger partial charge is 0.428 e. The Balaban J connectivity index is 1.90. The van der Waals surface area contributed by atoms with Crippen molar-refractivity contribution in [3.8, 4) is 11.1 Å². The molecule has 0 aliphatic rings. The van der Waals surface area contributed by atoms with Gasteiger partial charge in [-0.1, -0.05) is 18.2 Å². The van der Waals surface area contributed by atoms with E-state index in [4.69, 9.17) is 9.47 Å². The lowest BCUT2D eigenvalue weighted by Crippen LogP contribution is -2.29. The first-order valence-corrected chi connectivity index (χ1v) is 14.6. The average Bonchev–Trinajstić information content (AvgIpc) is 3.26. The molecule has 1 heterocycles. The number of ether oxygens (including phenoxy) is 2. The predicted octanol–water partition coefficient (Wildman–Crippen LogP) is 5.92. The van der Waals surface area contributed by atoms with E-state index in [2.05, 4.69) is 10.5 Å². The number of hydrogen-bond donors (Lipinski definition) is 1. The average molecular weight is 561 g/mol. The van der Waals surface area contributed by atoms with Crippen LogP contribution in [-0.4, -0.2) is 45.7 Å². The van der Waals surface area contributed by atoms with Crippen LogP contribution in [0.15, 0.2) is 67.6 Å². The topological polar surface area (TPSA) is 111 Å². The summed E-state index contributed by atoms with van der Waals surface area (Å²) in [6.07, 6.45) is 2.48. The summed E-state index contributed by atoms with van der Waals surface area (Å²) < 4.78 is 37.7. The Morgan fingerprint density at radius 2 is 1.84 bits per heavy atom. The van der Waals surface area contributed by atoms with Crippen molar-refractivity contribution in [3.05, 3.63) is 64.5 Å². The highest BCUT2D eigenvalue weighted by Crippen LogP contribution is 2.37. The maximum Gasteiger partial charge on any atom is 0.428 e. The molecule has 8 nitrogen and oxygen atoms in total. The van der Waals surface area contributed by atoms with Gasteiger partial charge in [0.1, 0.15) is 5.60 Å². The van der Waals surface area contributed by atoms with Crippen molar-refractivity contribution in [2.24, 2.45) is 5.10 Å². The fourth-order valence-electron chi connectivity index (χ4n) is 3.41. The van der Waals surface area contributed by atoms with E-state index in [-0.39, 0.29) is 9.79 Å². The second-order valence-electron chi connectivity index (χ2n) is 8.93. The number of aryl methyl sites for hydroxylation is 1. The Kier molecular flexibility index (Phi) is 8.83. The molecular formula is C26H28N2O6S3. The van der Waals surface area contributed by atoms with Gasteiger partial charge in [0.15, 0.2) is 0 Å². The summed E-state index contributed by atoms with van der Waals surface area (Å²) >= 11 is 2.57. The largest absolute Gasteiger partial charge is 0.465 e. The van der Waals surface area contributed by atoms with Crippen molar-refractivity contribution in [2.75, 3.05) is 13.4 Å². The molecule has 11 heteroatoms. The molecule has 3 rings (SSSR count). The van der Waals surface area contributed by atoms with E-state index >= 15 is 0 Å². The molecule has 0 saturated carbocycles. The quantitative estimate of drug-likeness (QED) is 0.165. The number of nitrogens with one attached hydrogen (secondary N) is 1. The third kappa shape index (κ3) is 7.00. The zero-order valence-corrected chi connectivity index (χ0v) is 23.8. The number of hydrogen-bond acceptors (Lipinski definition) is 9. The van der Waals surface area contributed by atoms with Gasteiger partial charge in [-0.2, -0.15) is 5.10 Å². The van der Waals surface area contributed by atoms with E-state index in [0.29, 0.717) is 20.2 Å². The molecule has 1 N–H and O–H groups in total. The SMILES string of the molecule is COC(=O)c1ccc(-c2cccc(S(=O)(=O)c3cc(C=NNC(=O)OC(C)(C)C)sc3SC)c2)c(C)c1. The fourth-order valence-corrected chi connectivity index (χ4v) is 7.35. The van der Waals surface area contributed by atoms with Gasteiger partial charge < -0.3 is 9.47 Å². The van der Waals surface area contributed by atoms with Crippen molar-refractivity contribution in [2.45, 2.75) is 47.3 Å². The van der Waals surface area contributed by atoms with E-state index in [1.807, 2.05) is 13.0 Å². The minimum Gasteiger partial charge on any atom is -0.465 e. The van der Waals surface area contributed by atoms with Gasteiger partial charge in [0.05, 0.1) is 32.9 Å². The van der Waals surface area contributed by atoms with E-state index < -0.39 is 27.5 Å². The molecule has 0 aliphatic heterocycles. The number of amides is 1. The summed E-state index contributed by atoms with van der Waals surface area (Å²) in [5.41, 5.74) is 4.37. The Morgan fingerprint density at radius 1 is 1.11 bits per heavy atom. The van der Waals surface area contributed by atoms with Gasteiger partial charge in [-0.3, -0.25) is 0 Å². The minimum atomic E-state index is -3.85. The Hall–Kier alpha value is -3.15.